The fourth-order valence-corrected chi connectivity index (χ4v) is 2.07. The van der Waals surface area contributed by atoms with Gasteiger partial charge in [0.05, 0.1) is 11.5 Å². The number of nitrogens with two attached hydrogens (primary N) is 1. The van der Waals surface area contributed by atoms with Gasteiger partial charge < -0.3 is 20.9 Å². The Balaban J connectivity index is 2.33. The van der Waals surface area contributed by atoms with Crippen molar-refractivity contribution < 1.29 is 14.6 Å². The van der Waals surface area contributed by atoms with E-state index in [1.165, 1.54) is 0 Å². The van der Waals surface area contributed by atoms with E-state index >= 15 is 0 Å². The molecule has 1 saturated heterocycles. The van der Waals surface area contributed by atoms with Crippen LogP contribution < -0.4 is 11.1 Å². The standard InChI is InChI=1S/C12H24N2O3/c1-10(15)3-2-6-14-11(16)12(9-13)4-7-17-8-5-12/h10,15H,2-9,13H2,1H3,(H,14,16). The minimum Gasteiger partial charge on any atom is -0.393 e. The highest BCUT2D eigenvalue weighted by Gasteiger charge is 2.38. The number of hydrogen-bond acceptors (Lipinski definition) is 4. The van der Waals surface area contributed by atoms with E-state index in [0.717, 1.165) is 6.42 Å². The first-order chi connectivity index (χ1) is 8.10. The average Bonchev–Trinajstić information content (AvgIpc) is 2.35. The molecule has 0 aromatic rings. The highest BCUT2D eigenvalue weighted by atomic mass is 16.5. The van der Waals surface area contributed by atoms with Crippen molar-refractivity contribution in [1.82, 2.24) is 5.32 Å². The molecule has 100 valence electrons. The molecule has 0 radical (unpaired) electrons. The molecule has 0 spiro atoms. The zero-order valence-electron chi connectivity index (χ0n) is 10.6. The van der Waals surface area contributed by atoms with Gasteiger partial charge in [-0.1, -0.05) is 0 Å². The molecule has 0 aromatic heterocycles. The molecule has 1 heterocycles. The van der Waals surface area contributed by atoms with Crippen LogP contribution in [0, 0.1) is 5.41 Å². The van der Waals surface area contributed by atoms with E-state index in [1.54, 1.807) is 6.92 Å². The average molecular weight is 244 g/mol. The zero-order valence-corrected chi connectivity index (χ0v) is 10.6. The largest absolute Gasteiger partial charge is 0.393 e. The molecular formula is C12H24N2O3. The molecule has 1 aliphatic heterocycles. The van der Waals surface area contributed by atoms with E-state index in [-0.39, 0.29) is 12.0 Å². The first kappa shape index (κ1) is 14.4. The number of carbonyl (C=O) groups is 1. The maximum absolute atomic E-state index is 12.1. The van der Waals surface area contributed by atoms with Crippen LogP contribution in [0.3, 0.4) is 0 Å². The van der Waals surface area contributed by atoms with Gasteiger partial charge in [0.15, 0.2) is 0 Å². The number of aliphatic hydroxyl groups is 1. The van der Waals surface area contributed by atoms with Crippen molar-refractivity contribution >= 4 is 5.91 Å². The van der Waals surface area contributed by atoms with Gasteiger partial charge in [-0.05, 0) is 32.6 Å². The zero-order chi connectivity index (χ0) is 12.7. The highest BCUT2D eigenvalue weighted by molar-refractivity contribution is 5.83. The Bertz CT molecular complexity index is 238. The molecule has 1 rings (SSSR count). The van der Waals surface area contributed by atoms with E-state index in [1.807, 2.05) is 0 Å². The Morgan fingerprint density at radius 3 is 2.71 bits per heavy atom. The SMILES string of the molecule is CC(O)CCCNC(=O)C1(CN)CCOCC1. The Kier molecular flexibility index (Phi) is 5.88. The summed E-state index contributed by atoms with van der Waals surface area (Å²) in [7, 11) is 0. The molecule has 5 nitrogen and oxygen atoms in total. The highest BCUT2D eigenvalue weighted by Crippen LogP contribution is 2.29. The second kappa shape index (κ2) is 6.93. The Morgan fingerprint density at radius 2 is 2.18 bits per heavy atom. The van der Waals surface area contributed by atoms with E-state index in [4.69, 9.17) is 15.6 Å². The van der Waals surface area contributed by atoms with E-state index in [2.05, 4.69) is 5.32 Å². The van der Waals surface area contributed by atoms with Gasteiger partial charge in [0.2, 0.25) is 5.91 Å². The molecule has 1 unspecified atom stereocenters. The molecule has 1 fully saturated rings. The predicted molar refractivity (Wildman–Crippen MR) is 65.5 cm³/mol. The second-order valence-corrected chi connectivity index (χ2v) is 4.84. The molecule has 1 atom stereocenters. The molecule has 0 bridgehead atoms. The van der Waals surface area contributed by atoms with Gasteiger partial charge in [-0.15, -0.1) is 0 Å². The lowest BCUT2D eigenvalue weighted by Gasteiger charge is -2.34. The van der Waals surface area contributed by atoms with Crippen LogP contribution >= 0.6 is 0 Å². The molecule has 4 N–H and O–H groups in total. The van der Waals surface area contributed by atoms with Crippen LogP contribution in [0.2, 0.25) is 0 Å². The maximum atomic E-state index is 12.1. The van der Waals surface area contributed by atoms with Gasteiger partial charge in [0, 0.05) is 26.3 Å². The molecule has 17 heavy (non-hydrogen) atoms. The van der Waals surface area contributed by atoms with Gasteiger partial charge in [0.25, 0.3) is 0 Å². The third-order valence-corrected chi connectivity index (χ3v) is 3.41. The smallest absolute Gasteiger partial charge is 0.227 e. The van der Waals surface area contributed by atoms with Crippen molar-refractivity contribution in [3.63, 3.8) is 0 Å². The van der Waals surface area contributed by atoms with Crippen LogP contribution in [0.4, 0.5) is 0 Å². The van der Waals surface area contributed by atoms with E-state index < -0.39 is 5.41 Å². The van der Waals surface area contributed by atoms with Crippen molar-refractivity contribution in [3.8, 4) is 0 Å². The number of nitrogens with one attached hydrogen (secondary N) is 1. The summed E-state index contributed by atoms with van der Waals surface area (Å²) in [4.78, 5) is 12.1. The lowest BCUT2D eigenvalue weighted by atomic mass is 9.79. The van der Waals surface area contributed by atoms with E-state index in [9.17, 15) is 4.79 Å². The normalized spacial score (nSPS) is 20.9. The van der Waals surface area contributed by atoms with Crippen molar-refractivity contribution in [2.24, 2.45) is 11.1 Å². The maximum Gasteiger partial charge on any atom is 0.227 e. The number of rotatable bonds is 6. The van der Waals surface area contributed by atoms with Crippen molar-refractivity contribution in [2.45, 2.75) is 38.7 Å². The molecule has 5 heteroatoms. The Morgan fingerprint density at radius 1 is 1.53 bits per heavy atom. The molecule has 0 saturated carbocycles. The summed E-state index contributed by atoms with van der Waals surface area (Å²) in [5.74, 6) is 0.0360. The monoisotopic (exact) mass is 244 g/mol. The topological polar surface area (TPSA) is 84.6 Å². The van der Waals surface area contributed by atoms with Crippen LogP contribution in [0.1, 0.15) is 32.6 Å². The van der Waals surface area contributed by atoms with Crippen LogP contribution in [-0.4, -0.2) is 43.4 Å². The summed E-state index contributed by atoms with van der Waals surface area (Å²) in [6.45, 7) is 3.95. The fourth-order valence-electron chi connectivity index (χ4n) is 2.07. The van der Waals surface area contributed by atoms with Crippen molar-refractivity contribution in [2.75, 3.05) is 26.3 Å². The number of amides is 1. The van der Waals surface area contributed by atoms with Crippen LogP contribution in [0.25, 0.3) is 0 Å². The summed E-state index contributed by atoms with van der Waals surface area (Å²) in [5.41, 5.74) is 5.29. The van der Waals surface area contributed by atoms with Crippen LogP contribution in [0.15, 0.2) is 0 Å². The first-order valence-electron chi connectivity index (χ1n) is 6.35. The van der Waals surface area contributed by atoms with Crippen molar-refractivity contribution in [1.29, 1.82) is 0 Å². The third kappa shape index (κ3) is 4.26. The van der Waals surface area contributed by atoms with Crippen LogP contribution in [-0.2, 0) is 9.53 Å². The number of ether oxygens (including phenoxy) is 1. The quantitative estimate of drug-likeness (QED) is 0.575. The van der Waals surface area contributed by atoms with Gasteiger partial charge in [-0.2, -0.15) is 0 Å². The molecule has 1 aliphatic rings. The predicted octanol–water partition coefficient (Wildman–Crippen LogP) is 0.0191. The lowest BCUT2D eigenvalue weighted by molar-refractivity contribution is -0.135. The summed E-state index contributed by atoms with van der Waals surface area (Å²) in [6, 6.07) is 0. The Labute approximate surface area is 103 Å². The summed E-state index contributed by atoms with van der Waals surface area (Å²) in [5, 5.41) is 12.0. The van der Waals surface area contributed by atoms with Gasteiger partial charge in [0.1, 0.15) is 0 Å². The lowest BCUT2D eigenvalue weighted by Crippen LogP contribution is -2.49. The summed E-state index contributed by atoms with van der Waals surface area (Å²) in [6.07, 6.45) is 2.59. The minimum absolute atomic E-state index is 0.0360. The molecule has 1 amide bonds. The number of hydrogen-bond donors (Lipinski definition) is 3. The van der Waals surface area contributed by atoms with Gasteiger partial charge >= 0.3 is 0 Å². The van der Waals surface area contributed by atoms with Crippen molar-refractivity contribution in [3.05, 3.63) is 0 Å². The Hall–Kier alpha value is -0.650. The second-order valence-electron chi connectivity index (χ2n) is 4.84. The third-order valence-electron chi connectivity index (χ3n) is 3.41. The number of aliphatic hydroxyl groups excluding tert-OH is 1. The molecule has 0 aromatic carbocycles. The number of carbonyl (C=O) groups excluding carboxylic acids is 1. The summed E-state index contributed by atoms with van der Waals surface area (Å²) >= 11 is 0. The van der Waals surface area contributed by atoms with Crippen LogP contribution in [0.5, 0.6) is 0 Å². The van der Waals surface area contributed by atoms with Gasteiger partial charge in [-0.25, -0.2) is 0 Å². The van der Waals surface area contributed by atoms with Gasteiger partial charge in [-0.3, -0.25) is 4.79 Å². The fraction of sp³-hybridized carbons (Fsp3) is 0.917. The summed E-state index contributed by atoms with van der Waals surface area (Å²) < 4.78 is 5.27. The molecular weight excluding hydrogens is 220 g/mol. The minimum atomic E-state index is -0.441. The first-order valence-corrected chi connectivity index (χ1v) is 6.35. The van der Waals surface area contributed by atoms with E-state index in [0.29, 0.717) is 45.6 Å². The molecule has 0 aliphatic carbocycles.